The zero-order chi connectivity index (χ0) is 24.2. The molecule has 5 aliphatic rings. The second-order valence-electron chi connectivity index (χ2n) is 14.5. The van der Waals surface area contributed by atoms with Crippen molar-refractivity contribution >= 4 is 5.97 Å². The molecule has 10 atom stereocenters. The standard InChI is InChI=1S/C30H48O3.CH4/c1-18(2)19-10-15-30(25(32)33)17-16-28(6)20(24(19)30)8-9-22-27(5)13-12-23(31)26(3,4)21(27)11-14-29(22,28)7;/h19-24,31H,1,8-17H2,2-7H3,(H,32,33);1H4/p-1/t19-,20+,21-,22+,23-,24+,27-,28+,29+,30-;/m0./s1. The number of hydrogen-bond donors (Lipinski definition) is 1. The molecule has 0 bridgehead atoms. The van der Waals surface area contributed by atoms with Crippen molar-refractivity contribution in [3.8, 4) is 0 Å². The van der Waals surface area contributed by atoms with E-state index in [2.05, 4.69) is 48.1 Å². The molecule has 34 heavy (non-hydrogen) atoms. The third-order valence-electron chi connectivity index (χ3n) is 13.5. The number of allylic oxidation sites excluding steroid dienone is 1. The molecule has 0 aliphatic heterocycles. The maximum atomic E-state index is 12.6. The topological polar surface area (TPSA) is 60.4 Å². The highest BCUT2D eigenvalue weighted by atomic mass is 16.4. The summed E-state index contributed by atoms with van der Waals surface area (Å²) in [6.07, 6.45) is 10.1. The molecule has 5 aliphatic carbocycles. The Kier molecular flexibility index (Phi) is 6.04. The van der Waals surface area contributed by atoms with E-state index in [0.717, 1.165) is 44.9 Å². The van der Waals surface area contributed by atoms with E-state index in [1.807, 2.05) is 0 Å². The average Bonchev–Trinajstić information content (AvgIpc) is 3.13. The Balaban J connectivity index is 0.00000274. The molecule has 0 aromatic carbocycles. The van der Waals surface area contributed by atoms with Crippen molar-refractivity contribution in [3.05, 3.63) is 12.2 Å². The molecule has 0 amide bonds. The Morgan fingerprint density at radius 1 is 0.853 bits per heavy atom. The minimum atomic E-state index is -0.788. The first kappa shape index (κ1) is 26.2. The van der Waals surface area contributed by atoms with E-state index in [4.69, 9.17) is 0 Å². The first-order valence-corrected chi connectivity index (χ1v) is 13.8. The fourth-order valence-corrected chi connectivity index (χ4v) is 11.5. The van der Waals surface area contributed by atoms with Crippen LogP contribution in [0.1, 0.15) is 113 Å². The summed E-state index contributed by atoms with van der Waals surface area (Å²) < 4.78 is 0. The first-order chi connectivity index (χ1) is 15.3. The van der Waals surface area contributed by atoms with Gasteiger partial charge in [0, 0.05) is 11.4 Å². The molecular weight excluding hydrogens is 420 g/mol. The zero-order valence-corrected chi connectivity index (χ0v) is 22.0. The smallest absolute Gasteiger partial charge is 0.0594 e. The van der Waals surface area contributed by atoms with Gasteiger partial charge in [-0.15, -0.1) is 0 Å². The van der Waals surface area contributed by atoms with Crippen LogP contribution in [-0.2, 0) is 4.79 Å². The lowest BCUT2D eigenvalue weighted by molar-refractivity contribution is -0.329. The number of carbonyl (C=O) groups excluding carboxylic acids is 1. The highest BCUT2D eigenvalue weighted by molar-refractivity contribution is 5.74. The van der Waals surface area contributed by atoms with Gasteiger partial charge in [-0.25, -0.2) is 0 Å². The Hall–Kier alpha value is -0.830. The summed E-state index contributed by atoms with van der Waals surface area (Å²) in [5, 5.41) is 23.5. The number of aliphatic carboxylic acids is 1. The monoisotopic (exact) mass is 471 g/mol. The second-order valence-corrected chi connectivity index (χ2v) is 14.5. The Morgan fingerprint density at radius 2 is 1.53 bits per heavy atom. The van der Waals surface area contributed by atoms with Crippen LogP contribution in [0.3, 0.4) is 0 Å². The first-order valence-electron chi connectivity index (χ1n) is 13.8. The largest absolute Gasteiger partial charge is 0.550 e. The molecule has 0 saturated heterocycles. The highest BCUT2D eigenvalue weighted by Crippen LogP contribution is 2.77. The predicted octanol–water partition coefficient (Wildman–Crippen LogP) is 6.39. The lowest BCUT2D eigenvalue weighted by atomic mass is 9.32. The summed E-state index contributed by atoms with van der Waals surface area (Å²) in [5.41, 5.74) is 1.15. The fourth-order valence-electron chi connectivity index (χ4n) is 11.5. The predicted molar refractivity (Wildman–Crippen MR) is 137 cm³/mol. The second kappa shape index (κ2) is 7.83. The summed E-state index contributed by atoms with van der Waals surface area (Å²) in [7, 11) is 0. The van der Waals surface area contributed by atoms with Gasteiger partial charge in [-0.2, -0.15) is 0 Å². The molecule has 0 spiro atoms. The normalized spacial score (nSPS) is 53.4. The Bertz CT molecular complexity index is 861. The van der Waals surface area contributed by atoms with Gasteiger partial charge in [0.25, 0.3) is 0 Å². The minimum Gasteiger partial charge on any atom is -0.550 e. The number of aliphatic hydroxyl groups is 1. The molecule has 5 fully saturated rings. The van der Waals surface area contributed by atoms with E-state index in [1.54, 1.807) is 0 Å². The molecule has 0 aromatic rings. The van der Waals surface area contributed by atoms with Crippen LogP contribution in [0.15, 0.2) is 12.2 Å². The number of carboxylic acids is 1. The molecule has 3 nitrogen and oxygen atoms in total. The molecule has 0 radical (unpaired) electrons. The number of aliphatic hydroxyl groups excluding tert-OH is 1. The van der Waals surface area contributed by atoms with E-state index in [1.165, 1.54) is 24.8 Å². The summed E-state index contributed by atoms with van der Waals surface area (Å²) in [6, 6.07) is 0. The number of carboxylic acid groups (broad SMARTS) is 1. The molecule has 0 heterocycles. The third kappa shape index (κ3) is 2.94. The molecule has 5 saturated carbocycles. The maximum Gasteiger partial charge on any atom is 0.0594 e. The summed E-state index contributed by atoms with van der Waals surface area (Å²) in [5.74, 6) is 1.38. The van der Waals surface area contributed by atoms with Gasteiger partial charge in [0.05, 0.1) is 6.10 Å². The van der Waals surface area contributed by atoms with Gasteiger partial charge in [-0.1, -0.05) is 54.2 Å². The van der Waals surface area contributed by atoms with Crippen LogP contribution in [0.25, 0.3) is 0 Å². The lowest BCUT2D eigenvalue weighted by Gasteiger charge is -2.73. The zero-order valence-electron chi connectivity index (χ0n) is 22.0. The highest BCUT2D eigenvalue weighted by Gasteiger charge is 2.71. The molecular formula is C31H51O3-. The van der Waals surface area contributed by atoms with Crippen molar-refractivity contribution in [1.82, 2.24) is 0 Å². The Labute approximate surface area is 209 Å². The van der Waals surface area contributed by atoms with E-state index in [9.17, 15) is 15.0 Å². The van der Waals surface area contributed by atoms with Gasteiger partial charge in [0.1, 0.15) is 0 Å². The van der Waals surface area contributed by atoms with Crippen molar-refractivity contribution in [2.75, 3.05) is 0 Å². The van der Waals surface area contributed by atoms with Crippen LogP contribution in [-0.4, -0.2) is 17.2 Å². The summed E-state index contributed by atoms with van der Waals surface area (Å²) >= 11 is 0. The van der Waals surface area contributed by atoms with E-state index >= 15 is 0 Å². The lowest BCUT2D eigenvalue weighted by Crippen LogP contribution is -2.67. The van der Waals surface area contributed by atoms with Gasteiger partial charge < -0.3 is 15.0 Å². The summed E-state index contributed by atoms with van der Waals surface area (Å²) in [6.45, 7) is 18.7. The summed E-state index contributed by atoms with van der Waals surface area (Å²) in [4.78, 5) is 12.6. The average molecular weight is 472 g/mol. The van der Waals surface area contributed by atoms with Crippen molar-refractivity contribution in [3.63, 3.8) is 0 Å². The van der Waals surface area contributed by atoms with Crippen LogP contribution in [0.4, 0.5) is 0 Å². The van der Waals surface area contributed by atoms with E-state index < -0.39 is 11.4 Å². The van der Waals surface area contributed by atoms with Crippen LogP contribution in [0.2, 0.25) is 0 Å². The SMILES string of the molecule is C.C=C(C)[C@@H]1CC[C@]2(C(=O)[O-])CC[C@]3(C)[C@H](CC[C@@H]4[C@@]5(C)CC[C@H](O)C(C)(C)[C@@H]5CC[C@]43C)[C@@H]12. The van der Waals surface area contributed by atoms with Gasteiger partial charge >= 0.3 is 0 Å². The molecule has 0 unspecified atom stereocenters. The van der Waals surface area contributed by atoms with Crippen LogP contribution in [0.5, 0.6) is 0 Å². The molecule has 0 aromatic heterocycles. The quantitative estimate of drug-likeness (QED) is 0.475. The fraction of sp³-hybridized carbons (Fsp3) is 0.903. The van der Waals surface area contributed by atoms with Gasteiger partial charge in [-0.3, -0.25) is 0 Å². The van der Waals surface area contributed by atoms with Crippen LogP contribution >= 0.6 is 0 Å². The number of fused-ring (bicyclic) bond motifs is 7. The number of rotatable bonds is 2. The van der Waals surface area contributed by atoms with Crippen molar-refractivity contribution in [2.24, 2.45) is 56.7 Å². The van der Waals surface area contributed by atoms with Gasteiger partial charge in [0.15, 0.2) is 0 Å². The minimum absolute atomic E-state index is 0. The van der Waals surface area contributed by atoms with Crippen molar-refractivity contribution < 1.29 is 15.0 Å². The molecule has 194 valence electrons. The van der Waals surface area contributed by atoms with Gasteiger partial charge in [-0.05, 0) is 122 Å². The molecule has 1 N–H and O–H groups in total. The Morgan fingerprint density at radius 3 is 2.15 bits per heavy atom. The molecule has 3 heteroatoms. The number of carbonyl (C=O) groups is 1. The van der Waals surface area contributed by atoms with Crippen molar-refractivity contribution in [1.29, 1.82) is 0 Å². The maximum absolute atomic E-state index is 12.6. The van der Waals surface area contributed by atoms with Crippen molar-refractivity contribution in [2.45, 2.75) is 119 Å². The van der Waals surface area contributed by atoms with E-state index in [-0.39, 0.29) is 41.1 Å². The third-order valence-corrected chi connectivity index (χ3v) is 13.5. The van der Waals surface area contributed by atoms with E-state index in [0.29, 0.717) is 23.7 Å². The number of hydrogen-bond acceptors (Lipinski definition) is 3. The van der Waals surface area contributed by atoms with Crippen LogP contribution < -0.4 is 5.11 Å². The molecule has 5 rings (SSSR count). The van der Waals surface area contributed by atoms with Crippen LogP contribution in [0, 0.1) is 56.7 Å². The van der Waals surface area contributed by atoms with Gasteiger partial charge in [0.2, 0.25) is 0 Å².